The molecule has 4 rings (SSSR count). The summed E-state index contributed by atoms with van der Waals surface area (Å²) in [7, 11) is 8.52. The molecule has 3 saturated carbocycles. The Morgan fingerprint density at radius 3 is 1.77 bits per heavy atom. The van der Waals surface area contributed by atoms with Crippen molar-refractivity contribution < 1.29 is 20.8 Å². The van der Waals surface area contributed by atoms with Crippen molar-refractivity contribution in [3.63, 3.8) is 0 Å². The van der Waals surface area contributed by atoms with E-state index in [1.807, 2.05) is 0 Å². The van der Waals surface area contributed by atoms with Crippen LogP contribution in [0.3, 0.4) is 0 Å². The summed E-state index contributed by atoms with van der Waals surface area (Å²) in [6.45, 7) is 18.5. The van der Waals surface area contributed by atoms with E-state index in [-0.39, 0.29) is 22.3 Å². The van der Waals surface area contributed by atoms with E-state index < -0.39 is 28.9 Å². The van der Waals surface area contributed by atoms with Crippen LogP contribution >= 0.6 is 17.0 Å². The molecule has 0 spiro atoms. The molecule has 9 unspecified atom stereocenters. The van der Waals surface area contributed by atoms with E-state index in [0.717, 1.165) is 58.4 Å². The summed E-state index contributed by atoms with van der Waals surface area (Å²) in [6.07, 6.45) is 7.55. The topological polar surface area (TPSA) is 0 Å². The second-order valence-electron chi connectivity index (χ2n) is 12.2. The first kappa shape index (κ1) is 35.9. The zero-order valence-electron chi connectivity index (χ0n) is 23.5. The van der Waals surface area contributed by atoms with Crippen LogP contribution in [-0.4, -0.2) is 8.07 Å². The molecule has 0 saturated heterocycles. The summed E-state index contributed by atoms with van der Waals surface area (Å²) in [5, 5.41) is 0. The molecule has 9 atom stereocenters. The van der Waals surface area contributed by atoms with Crippen LogP contribution in [0, 0.1) is 56.3 Å². The third-order valence-corrected chi connectivity index (χ3v) is 16.2. The summed E-state index contributed by atoms with van der Waals surface area (Å²) in [6, 6.07) is 11.5. The zero-order chi connectivity index (χ0) is 23.6. The predicted octanol–water partition coefficient (Wildman–Crippen LogP) is 11.5. The first-order valence-electron chi connectivity index (χ1n) is 13.2. The minimum absolute atomic E-state index is 0. The van der Waals surface area contributed by atoms with Gasteiger partial charge in [0.15, 0.2) is 0 Å². The van der Waals surface area contributed by atoms with Gasteiger partial charge in [-0.2, -0.15) is 0 Å². The second-order valence-corrected chi connectivity index (χ2v) is 21.0. The Balaban J connectivity index is 0.00000183. The summed E-state index contributed by atoms with van der Waals surface area (Å²) in [5.41, 5.74) is 3.66. The average Bonchev–Trinajstić information content (AvgIpc) is 3.27. The van der Waals surface area contributed by atoms with Crippen molar-refractivity contribution >= 4 is 25.1 Å². The van der Waals surface area contributed by atoms with E-state index in [1.54, 1.807) is 5.56 Å². The molecule has 0 nitrogen and oxygen atoms in total. The number of benzene rings is 1. The molecule has 0 N–H and O–H groups in total. The van der Waals surface area contributed by atoms with Gasteiger partial charge < -0.3 is 14.9 Å². The molecule has 1 aromatic carbocycles. The number of fused-ring (bicyclic) bond motifs is 1. The van der Waals surface area contributed by atoms with Crippen LogP contribution < -0.4 is 0 Å². The van der Waals surface area contributed by atoms with Crippen LogP contribution in [0.25, 0.3) is 0 Å². The van der Waals surface area contributed by atoms with Gasteiger partial charge in [0.2, 0.25) is 0 Å². The van der Waals surface area contributed by atoms with Crippen molar-refractivity contribution in [2.45, 2.75) is 104 Å². The molecule has 3 aliphatic rings. The normalized spacial score (nSPS) is 36.7. The minimum atomic E-state index is -1.34. The molecule has 0 radical (unpaired) electrons. The van der Waals surface area contributed by atoms with Crippen molar-refractivity contribution in [2.24, 2.45) is 41.4 Å². The van der Waals surface area contributed by atoms with Gasteiger partial charge in [-0.25, -0.2) is 0 Å². The molecule has 0 aliphatic heterocycles. The van der Waals surface area contributed by atoms with Gasteiger partial charge in [0, 0.05) is 0 Å². The third-order valence-electron chi connectivity index (χ3n) is 10.9. The van der Waals surface area contributed by atoms with Gasteiger partial charge in [-0.15, -0.1) is 0 Å². The molecule has 202 valence electrons. The Morgan fingerprint density at radius 1 is 0.829 bits per heavy atom. The van der Waals surface area contributed by atoms with Gasteiger partial charge >= 0.3 is 37.9 Å². The number of halogens is 2. The Bertz CT molecular complexity index is 697. The molecule has 35 heavy (non-hydrogen) atoms. The van der Waals surface area contributed by atoms with Crippen LogP contribution in [0.15, 0.2) is 30.3 Å². The number of hydrogen-bond acceptors (Lipinski definition) is 0. The van der Waals surface area contributed by atoms with Gasteiger partial charge in [-0.3, -0.25) is 0 Å². The maximum absolute atomic E-state index is 4.93. The van der Waals surface area contributed by atoms with Gasteiger partial charge in [-0.05, 0) is 76.8 Å². The van der Waals surface area contributed by atoms with Gasteiger partial charge in [0.25, 0.3) is 0 Å². The van der Waals surface area contributed by atoms with Gasteiger partial charge in [0.1, 0.15) is 0 Å². The van der Waals surface area contributed by atoms with E-state index in [1.165, 1.54) is 32.1 Å². The molecule has 0 amide bonds. The van der Waals surface area contributed by atoms with E-state index in [4.69, 9.17) is 17.0 Å². The SMILES string of the molecule is C.CC(c1ccccc1)C1CC([Si](C)(C)C2C(C)C(C)C(C)C2C)C2CCCCC12.[CH3-].[CH3-].[Cl][Zr+2][Cl]. The van der Waals surface area contributed by atoms with Crippen molar-refractivity contribution in [1.82, 2.24) is 0 Å². The van der Waals surface area contributed by atoms with Gasteiger partial charge in [-0.1, -0.05) is 105 Å². The fourth-order valence-corrected chi connectivity index (χ4v) is 15.2. The van der Waals surface area contributed by atoms with Crippen molar-refractivity contribution in [3.8, 4) is 0 Å². The molecule has 1 aromatic rings. The molecule has 0 aromatic heterocycles. The van der Waals surface area contributed by atoms with Crippen LogP contribution in [0.4, 0.5) is 0 Å². The van der Waals surface area contributed by atoms with E-state index in [2.05, 4.69) is 78.0 Å². The molecular weight excluding hydrogens is 563 g/mol. The van der Waals surface area contributed by atoms with Crippen LogP contribution in [-0.2, 0) is 20.8 Å². The summed E-state index contributed by atoms with van der Waals surface area (Å²) >= 11 is -0.826. The van der Waals surface area contributed by atoms with E-state index in [9.17, 15) is 0 Å². The standard InChI is InChI=1S/C28H46Si.CH4.2CH3.2ClH.Zr/c1-18-19(2)21(4)28(20(18)3)29(6,7)27-17-26(24-15-11-12-16-25(24)27)22(5)23-13-9-8-10-14-23;;;;;;/h8-10,13-14,18-22,24-28H,11-12,15-17H2,1-7H3;1H4;2*1H3;2*1H;/q;;2*-1;;;+4/p-2. The van der Waals surface area contributed by atoms with Crippen molar-refractivity contribution in [3.05, 3.63) is 50.7 Å². The third kappa shape index (κ3) is 7.31. The quantitative estimate of drug-likeness (QED) is 0.233. The molecule has 3 fully saturated rings. The average molecular weight is 619 g/mol. The molecule has 4 heteroatoms. The van der Waals surface area contributed by atoms with Gasteiger partial charge in [0.05, 0.1) is 8.07 Å². The first-order valence-corrected chi connectivity index (χ1v) is 22.7. The summed E-state index contributed by atoms with van der Waals surface area (Å²) in [4.78, 5) is 0. The summed E-state index contributed by atoms with van der Waals surface area (Å²) < 4.78 is 0. The zero-order valence-corrected chi connectivity index (χ0v) is 28.4. The Labute approximate surface area is 240 Å². The fourth-order valence-electron chi connectivity index (χ4n) is 8.99. The molecule has 0 heterocycles. The Kier molecular flexibility index (Phi) is 15.9. The van der Waals surface area contributed by atoms with Crippen LogP contribution in [0.5, 0.6) is 0 Å². The van der Waals surface area contributed by atoms with Crippen LogP contribution in [0.1, 0.15) is 85.6 Å². The Hall–Kier alpha value is 0.900. The Morgan fingerprint density at radius 2 is 1.29 bits per heavy atom. The first-order chi connectivity index (χ1) is 15.2. The predicted molar refractivity (Wildman–Crippen MR) is 161 cm³/mol. The van der Waals surface area contributed by atoms with E-state index >= 15 is 0 Å². The number of hydrogen-bond donors (Lipinski definition) is 0. The molecule has 0 bridgehead atoms. The summed E-state index contributed by atoms with van der Waals surface area (Å²) in [5.74, 6) is 7.34. The monoisotopic (exact) mass is 616 g/mol. The van der Waals surface area contributed by atoms with Crippen molar-refractivity contribution in [2.75, 3.05) is 0 Å². The van der Waals surface area contributed by atoms with Crippen molar-refractivity contribution in [1.29, 1.82) is 0 Å². The molecular formula is C31H56Cl2SiZr. The fraction of sp³-hybridized carbons (Fsp3) is 0.742. The van der Waals surface area contributed by atoms with E-state index in [0.29, 0.717) is 0 Å². The van der Waals surface area contributed by atoms with Crippen LogP contribution in [0.2, 0.25) is 24.2 Å². The molecule has 3 aliphatic carbocycles. The maximum atomic E-state index is 4.93. The second kappa shape index (κ2) is 15.5. The number of rotatable bonds is 4.